The van der Waals surface area contributed by atoms with Gasteiger partial charge in [-0.05, 0) is 60.4 Å². The van der Waals surface area contributed by atoms with E-state index in [-0.39, 0.29) is 11.8 Å². The lowest BCUT2D eigenvalue weighted by Gasteiger charge is -2.34. The van der Waals surface area contributed by atoms with Crippen LogP contribution >= 0.6 is 0 Å². The summed E-state index contributed by atoms with van der Waals surface area (Å²) < 4.78 is 1.80. The van der Waals surface area contributed by atoms with Crippen molar-refractivity contribution in [3.05, 3.63) is 42.2 Å². The number of likely N-dealkylation sites (tertiary alicyclic amines) is 1. The van der Waals surface area contributed by atoms with Crippen molar-refractivity contribution in [1.82, 2.24) is 30.4 Å². The van der Waals surface area contributed by atoms with Crippen molar-refractivity contribution >= 4 is 5.91 Å². The van der Waals surface area contributed by atoms with E-state index in [4.69, 9.17) is 0 Å². The van der Waals surface area contributed by atoms with Gasteiger partial charge in [0.2, 0.25) is 5.91 Å². The lowest BCUT2D eigenvalue weighted by Crippen LogP contribution is -2.46. The van der Waals surface area contributed by atoms with E-state index < -0.39 is 0 Å². The average molecular weight is 383 g/mol. The van der Waals surface area contributed by atoms with Crippen LogP contribution in [0.3, 0.4) is 0 Å². The molecule has 0 spiro atoms. The third-order valence-corrected chi connectivity index (χ3v) is 6.24. The Hall–Kier alpha value is -2.28. The van der Waals surface area contributed by atoms with Gasteiger partial charge in [-0.1, -0.05) is 30.3 Å². The standard InChI is InChI=1S/C21H30N6O/c28-21(19-8-6-18(7-9-19)15-27-16-22-24-25-27)23-20-10-12-26(13-11-20)14-17-4-2-1-3-5-17/h1-5,16,18-20H,6-15H2,(H,23,28). The first-order valence-electron chi connectivity index (χ1n) is 10.5. The number of amides is 1. The zero-order chi connectivity index (χ0) is 19.2. The second kappa shape index (κ2) is 9.28. The number of nitrogens with one attached hydrogen (secondary N) is 1. The fraction of sp³-hybridized carbons (Fsp3) is 0.619. The number of carbonyl (C=O) groups is 1. The minimum atomic E-state index is 0.174. The van der Waals surface area contributed by atoms with Gasteiger partial charge in [-0.2, -0.15) is 0 Å². The van der Waals surface area contributed by atoms with E-state index in [1.54, 1.807) is 11.0 Å². The molecule has 2 aliphatic rings. The molecule has 1 saturated heterocycles. The van der Waals surface area contributed by atoms with Gasteiger partial charge in [-0.15, -0.1) is 5.10 Å². The Bertz CT molecular complexity index is 719. The predicted molar refractivity (Wildman–Crippen MR) is 106 cm³/mol. The summed E-state index contributed by atoms with van der Waals surface area (Å²) in [7, 11) is 0. The van der Waals surface area contributed by atoms with E-state index in [1.165, 1.54) is 5.56 Å². The van der Waals surface area contributed by atoms with Gasteiger partial charge in [0.15, 0.2) is 0 Å². The van der Waals surface area contributed by atoms with Crippen LogP contribution in [0.15, 0.2) is 36.7 Å². The summed E-state index contributed by atoms with van der Waals surface area (Å²) in [6.45, 7) is 3.98. The van der Waals surface area contributed by atoms with Gasteiger partial charge in [-0.25, -0.2) is 4.68 Å². The predicted octanol–water partition coefficient (Wildman–Crippen LogP) is 2.26. The highest BCUT2D eigenvalue weighted by atomic mass is 16.1. The molecule has 2 heterocycles. The minimum absolute atomic E-state index is 0.174. The molecule has 2 aromatic rings. The van der Waals surface area contributed by atoms with Crippen LogP contribution in [-0.4, -0.2) is 50.1 Å². The van der Waals surface area contributed by atoms with E-state index in [1.807, 2.05) is 0 Å². The van der Waals surface area contributed by atoms with Crippen LogP contribution in [0.25, 0.3) is 0 Å². The molecule has 2 fully saturated rings. The molecule has 7 heteroatoms. The topological polar surface area (TPSA) is 75.9 Å². The number of piperidine rings is 1. The molecule has 4 rings (SSSR count). The van der Waals surface area contributed by atoms with Crippen LogP contribution in [0.1, 0.15) is 44.1 Å². The van der Waals surface area contributed by atoms with Gasteiger partial charge in [-0.3, -0.25) is 9.69 Å². The molecule has 1 aliphatic carbocycles. The second-order valence-electron chi connectivity index (χ2n) is 8.29. The maximum atomic E-state index is 12.7. The Morgan fingerprint density at radius 2 is 1.79 bits per heavy atom. The van der Waals surface area contributed by atoms with Gasteiger partial charge in [0, 0.05) is 38.1 Å². The van der Waals surface area contributed by atoms with Crippen molar-refractivity contribution in [3.8, 4) is 0 Å². The highest BCUT2D eigenvalue weighted by Crippen LogP contribution is 2.30. The summed E-state index contributed by atoms with van der Waals surface area (Å²) in [5.74, 6) is 1.02. The third-order valence-electron chi connectivity index (χ3n) is 6.24. The Kier molecular flexibility index (Phi) is 6.31. The molecule has 1 saturated carbocycles. The number of hydrogen-bond donors (Lipinski definition) is 1. The van der Waals surface area contributed by atoms with Crippen LogP contribution in [-0.2, 0) is 17.9 Å². The number of tetrazole rings is 1. The van der Waals surface area contributed by atoms with E-state index in [9.17, 15) is 4.79 Å². The lowest BCUT2D eigenvalue weighted by atomic mass is 9.81. The summed E-state index contributed by atoms with van der Waals surface area (Å²) >= 11 is 0. The zero-order valence-electron chi connectivity index (χ0n) is 16.4. The van der Waals surface area contributed by atoms with Gasteiger partial charge in [0.1, 0.15) is 6.33 Å². The largest absolute Gasteiger partial charge is 0.353 e. The molecular weight excluding hydrogens is 352 g/mol. The molecule has 1 aromatic heterocycles. The van der Waals surface area contributed by atoms with E-state index in [0.717, 1.165) is 64.7 Å². The van der Waals surface area contributed by atoms with E-state index in [0.29, 0.717) is 12.0 Å². The summed E-state index contributed by atoms with van der Waals surface area (Å²) in [5.41, 5.74) is 1.36. The number of benzene rings is 1. The molecule has 1 N–H and O–H groups in total. The fourth-order valence-corrected chi connectivity index (χ4v) is 4.53. The molecule has 0 unspecified atom stereocenters. The van der Waals surface area contributed by atoms with Crippen LogP contribution in [0.4, 0.5) is 0 Å². The minimum Gasteiger partial charge on any atom is -0.353 e. The fourth-order valence-electron chi connectivity index (χ4n) is 4.53. The maximum Gasteiger partial charge on any atom is 0.223 e. The zero-order valence-corrected chi connectivity index (χ0v) is 16.4. The first-order chi connectivity index (χ1) is 13.8. The Labute approximate surface area is 166 Å². The molecule has 28 heavy (non-hydrogen) atoms. The highest BCUT2D eigenvalue weighted by Gasteiger charge is 2.29. The second-order valence-corrected chi connectivity index (χ2v) is 8.29. The van der Waals surface area contributed by atoms with Crippen molar-refractivity contribution in [2.24, 2.45) is 11.8 Å². The molecular formula is C21H30N6O. The summed E-state index contributed by atoms with van der Waals surface area (Å²) in [6, 6.07) is 11.0. The normalized spacial score (nSPS) is 24.1. The molecule has 0 atom stereocenters. The van der Waals surface area contributed by atoms with Gasteiger partial charge in [0.25, 0.3) is 0 Å². The van der Waals surface area contributed by atoms with Gasteiger partial charge < -0.3 is 5.32 Å². The lowest BCUT2D eigenvalue weighted by molar-refractivity contribution is -0.127. The summed E-state index contributed by atoms with van der Waals surface area (Å²) in [5, 5.41) is 14.7. The third kappa shape index (κ3) is 5.16. The molecule has 7 nitrogen and oxygen atoms in total. The number of aromatic nitrogens is 4. The molecule has 0 radical (unpaired) electrons. The van der Waals surface area contributed by atoms with Crippen molar-refractivity contribution in [2.75, 3.05) is 13.1 Å². The number of carbonyl (C=O) groups excluding carboxylic acids is 1. The number of hydrogen-bond acceptors (Lipinski definition) is 5. The van der Waals surface area contributed by atoms with Crippen molar-refractivity contribution < 1.29 is 4.79 Å². The summed E-state index contributed by atoms with van der Waals surface area (Å²) in [4.78, 5) is 15.2. The quantitative estimate of drug-likeness (QED) is 0.829. The van der Waals surface area contributed by atoms with Crippen LogP contribution in [0.2, 0.25) is 0 Å². The first kappa shape index (κ1) is 19.1. The Morgan fingerprint density at radius 3 is 2.46 bits per heavy atom. The molecule has 0 bridgehead atoms. The molecule has 1 aromatic carbocycles. The maximum absolute atomic E-state index is 12.7. The first-order valence-corrected chi connectivity index (χ1v) is 10.5. The molecule has 1 amide bonds. The Morgan fingerprint density at radius 1 is 1.04 bits per heavy atom. The highest BCUT2D eigenvalue weighted by molar-refractivity contribution is 5.79. The van der Waals surface area contributed by atoms with Crippen molar-refractivity contribution in [2.45, 2.75) is 57.7 Å². The average Bonchev–Trinajstić information content (AvgIpc) is 3.24. The van der Waals surface area contributed by atoms with Crippen LogP contribution in [0.5, 0.6) is 0 Å². The molecule has 150 valence electrons. The Balaban J connectivity index is 1.16. The van der Waals surface area contributed by atoms with E-state index in [2.05, 4.69) is 56.1 Å². The molecule has 1 aliphatic heterocycles. The SMILES string of the molecule is O=C(NC1CCN(Cc2ccccc2)CC1)C1CCC(Cn2cnnn2)CC1. The van der Waals surface area contributed by atoms with Crippen LogP contribution in [0, 0.1) is 11.8 Å². The monoisotopic (exact) mass is 382 g/mol. The smallest absolute Gasteiger partial charge is 0.223 e. The summed E-state index contributed by atoms with van der Waals surface area (Å²) in [6.07, 6.45) is 7.88. The van der Waals surface area contributed by atoms with Crippen LogP contribution < -0.4 is 5.32 Å². The van der Waals surface area contributed by atoms with Crippen molar-refractivity contribution in [1.29, 1.82) is 0 Å². The van der Waals surface area contributed by atoms with Gasteiger partial charge in [0.05, 0.1) is 0 Å². The van der Waals surface area contributed by atoms with Crippen molar-refractivity contribution in [3.63, 3.8) is 0 Å². The van der Waals surface area contributed by atoms with Gasteiger partial charge >= 0.3 is 0 Å². The van der Waals surface area contributed by atoms with E-state index >= 15 is 0 Å². The number of nitrogens with zero attached hydrogens (tertiary/aromatic N) is 5. The number of rotatable bonds is 6.